The van der Waals surface area contributed by atoms with E-state index in [2.05, 4.69) is 33.4 Å². The van der Waals surface area contributed by atoms with E-state index in [1.807, 2.05) is 37.4 Å². The van der Waals surface area contributed by atoms with Crippen LogP contribution in [0.1, 0.15) is 11.1 Å². The minimum Gasteiger partial charge on any atom is -0.497 e. The van der Waals surface area contributed by atoms with Gasteiger partial charge in [-0.3, -0.25) is 4.99 Å². The fraction of sp³-hybridized carbons (Fsp3) is 0.316. The predicted octanol–water partition coefficient (Wildman–Crippen LogP) is 3.53. The van der Waals surface area contributed by atoms with Gasteiger partial charge >= 0.3 is 0 Å². The lowest BCUT2D eigenvalue weighted by molar-refractivity contribution is 0.413. The molecule has 0 spiro atoms. The van der Waals surface area contributed by atoms with Crippen LogP contribution in [-0.2, 0) is 13.1 Å². The molecule has 6 heteroatoms. The average Bonchev–Trinajstić information content (AvgIpc) is 2.63. The number of guanidine groups is 1. The summed E-state index contributed by atoms with van der Waals surface area (Å²) in [5.41, 5.74) is 2.34. The number of hydrogen-bond donors (Lipinski definition) is 1. The Morgan fingerprint density at radius 3 is 2.28 bits per heavy atom. The van der Waals surface area contributed by atoms with Gasteiger partial charge in [-0.05, 0) is 35.4 Å². The fourth-order valence-electron chi connectivity index (χ4n) is 2.43. The molecule has 5 nitrogen and oxygen atoms in total. The first-order valence-corrected chi connectivity index (χ1v) is 7.84. The summed E-state index contributed by atoms with van der Waals surface area (Å²) in [7, 11) is 7.16. The molecule has 2 aromatic carbocycles. The van der Waals surface area contributed by atoms with E-state index < -0.39 is 0 Å². The van der Waals surface area contributed by atoms with Gasteiger partial charge in [0, 0.05) is 27.2 Å². The Balaban J connectivity index is 0.00000312. The second kappa shape index (κ2) is 10.8. The van der Waals surface area contributed by atoms with Gasteiger partial charge in [-0.1, -0.05) is 24.3 Å². The molecule has 25 heavy (non-hydrogen) atoms. The van der Waals surface area contributed by atoms with E-state index in [1.54, 1.807) is 21.3 Å². The van der Waals surface area contributed by atoms with Crippen molar-refractivity contribution < 1.29 is 9.47 Å². The molecule has 0 saturated carbocycles. The molecule has 0 aliphatic carbocycles. The maximum atomic E-state index is 5.25. The van der Waals surface area contributed by atoms with Crippen molar-refractivity contribution >= 4 is 29.9 Å². The minimum absolute atomic E-state index is 0. The standard InChI is InChI=1S/C19H25N3O2.HI/c1-20-19(21-13-16-6-5-7-18(12-16)24-4)22(2)14-15-8-10-17(23-3)11-9-15;/h5-12H,13-14H2,1-4H3,(H,20,21);1H. The van der Waals surface area contributed by atoms with Crippen LogP contribution in [0.25, 0.3) is 0 Å². The van der Waals surface area contributed by atoms with Gasteiger partial charge < -0.3 is 19.7 Å². The Labute approximate surface area is 167 Å². The molecule has 0 heterocycles. The molecule has 0 fully saturated rings. The van der Waals surface area contributed by atoms with Crippen LogP contribution in [0, 0.1) is 0 Å². The molecule has 0 saturated heterocycles. The van der Waals surface area contributed by atoms with Gasteiger partial charge in [0.1, 0.15) is 11.5 Å². The lowest BCUT2D eigenvalue weighted by atomic mass is 10.2. The smallest absolute Gasteiger partial charge is 0.193 e. The monoisotopic (exact) mass is 455 g/mol. The maximum absolute atomic E-state index is 5.25. The van der Waals surface area contributed by atoms with Gasteiger partial charge in [0.25, 0.3) is 0 Å². The first-order chi connectivity index (χ1) is 11.7. The summed E-state index contributed by atoms with van der Waals surface area (Å²) in [6.07, 6.45) is 0. The van der Waals surface area contributed by atoms with Crippen LogP contribution in [0.15, 0.2) is 53.5 Å². The maximum Gasteiger partial charge on any atom is 0.193 e. The Bertz CT molecular complexity index is 675. The predicted molar refractivity (Wildman–Crippen MR) is 113 cm³/mol. The normalized spacial score (nSPS) is 10.6. The molecule has 0 aromatic heterocycles. The van der Waals surface area contributed by atoms with Crippen molar-refractivity contribution in [1.29, 1.82) is 0 Å². The topological polar surface area (TPSA) is 46.1 Å². The van der Waals surface area contributed by atoms with E-state index in [0.29, 0.717) is 6.54 Å². The third-order valence-corrected chi connectivity index (χ3v) is 3.74. The summed E-state index contributed by atoms with van der Waals surface area (Å²) >= 11 is 0. The number of ether oxygens (including phenoxy) is 2. The first-order valence-electron chi connectivity index (χ1n) is 7.84. The number of halogens is 1. The highest BCUT2D eigenvalue weighted by molar-refractivity contribution is 14.0. The summed E-state index contributed by atoms with van der Waals surface area (Å²) < 4.78 is 10.4. The van der Waals surface area contributed by atoms with E-state index in [1.165, 1.54) is 5.56 Å². The van der Waals surface area contributed by atoms with E-state index in [0.717, 1.165) is 29.6 Å². The summed E-state index contributed by atoms with van der Waals surface area (Å²) in [6, 6.07) is 16.1. The molecule has 0 aliphatic heterocycles. The highest BCUT2D eigenvalue weighted by Crippen LogP contribution is 2.14. The zero-order valence-electron chi connectivity index (χ0n) is 15.2. The molecule has 0 aliphatic rings. The van der Waals surface area contributed by atoms with Crippen molar-refractivity contribution in [3.63, 3.8) is 0 Å². The molecule has 0 amide bonds. The number of hydrogen-bond acceptors (Lipinski definition) is 3. The van der Waals surface area contributed by atoms with Gasteiger partial charge in [0.2, 0.25) is 0 Å². The lowest BCUT2D eigenvalue weighted by Gasteiger charge is -2.22. The molecular formula is C19H26IN3O2. The summed E-state index contributed by atoms with van der Waals surface area (Å²) in [5, 5.41) is 3.38. The molecule has 0 radical (unpaired) electrons. The van der Waals surface area contributed by atoms with Crippen molar-refractivity contribution in [3.8, 4) is 11.5 Å². The van der Waals surface area contributed by atoms with E-state index in [9.17, 15) is 0 Å². The van der Waals surface area contributed by atoms with E-state index in [4.69, 9.17) is 9.47 Å². The van der Waals surface area contributed by atoms with Crippen LogP contribution in [0.3, 0.4) is 0 Å². The third-order valence-electron chi connectivity index (χ3n) is 3.74. The van der Waals surface area contributed by atoms with Crippen molar-refractivity contribution in [2.75, 3.05) is 28.3 Å². The van der Waals surface area contributed by atoms with Gasteiger partial charge in [-0.2, -0.15) is 0 Å². The van der Waals surface area contributed by atoms with Crippen LogP contribution in [0.2, 0.25) is 0 Å². The highest BCUT2D eigenvalue weighted by atomic mass is 127. The molecule has 1 N–H and O–H groups in total. The van der Waals surface area contributed by atoms with Gasteiger partial charge in [0.15, 0.2) is 5.96 Å². The molecular weight excluding hydrogens is 429 g/mol. The molecule has 0 bridgehead atoms. The van der Waals surface area contributed by atoms with Crippen LogP contribution in [0.5, 0.6) is 11.5 Å². The molecule has 2 aromatic rings. The number of nitrogens with zero attached hydrogens (tertiary/aromatic N) is 2. The minimum atomic E-state index is 0. The van der Waals surface area contributed by atoms with Gasteiger partial charge in [-0.15, -0.1) is 24.0 Å². The van der Waals surface area contributed by atoms with Crippen molar-refractivity contribution in [3.05, 3.63) is 59.7 Å². The van der Waals surface area contributed by atoms with E-state index >= 15 is 0 Å². The Morgan fingerprint density at radius 2 is 1.68 bits per heavy atom. The Hall–Kier alpha value is -1.96. The number of methoxy groups -OCH3 is 2. The zero-order valence-corrected chi connectivity index (χ0v) is 17.5. The number of nitrogens with one attached hydrogen (secondary N) is 1. The van der Waals surface area contributed by atoms with Crippen molar-refractivity contribution in [2.24, 2.45) is 4.99 Å². The molecule has 2 rings (SSSR count). The number of rotatable bonds is 6. The van der Waals surface area contributed by atoms with Gasteiger partial charge in [0.05, 0.1) is 14.2 Å². The molecule has 0 atom stereocenters. The first kappa shape index (κ1) is 21.1. The molecule has 136 valence electrons. The van der Waals surface area contributed by atoms with Gasteiger partial charge in [-0.25, -0.2) is 0 Å². The second-order valence-corrected chi connectivity index (χ2v) is 5.46. The van der Waals surface area contributed by atoms with Crippen LogP contribution in [0.4, 0.5) is 0 Å². The van der Waals surface area contributed by atoms with Crippen molar-refractivity contribution in [2.45, 2.75) is 13.1 Å². The quantitative estimate of drug-likeness (QED) is 0.412. The lowest BCUT2D eigenvalue weighted by Crippen LogP contribution is -2.38. The van der Waals surface area contributed by atoms with Crippen LogP contribution < -0.4 is 14.8 Å². The average molecular weight is 455 g/mol. The zero-order chi connectivity index (χ0) is 17.4. The second-order valence-electron chi connectivity index (χ2n) is 5.46. The number of benzene rings is 2. The fourth-order valence-corrected chi connectivity index (χ4v) is 2.43. The van der Waals surface area contributed by atoms with Crippen LogP contribution >= 0.6 is 24.0 Å². The third kappa shape index (κ3) is 6.45. The highest BCUT2D eigenvalue weighted by Gasteiger charge is 2.07. The number of aliphatic imine (C=N–C) groups is 1. The van der Waals surface area contributed by atoms with Crippen LogP contribution in [-0.4, -0.2) is 39.2 Å². The summed E-state index contributed by atoms with van der Waals surface area (Å²) in [4.78, 5) is 6.44. The summed E-state index contributed by atoms with van der Waals surface area (Å²) in [5.74, 6) is 2.56. The molecule has 0 unspecified atom stereocenters. The Morgan fingerprint density at radius 1 is 1.00 bits per heavy atom. The largest absolute Gasteiger partial charge is 0.497 e. The van der Waals surface area contributed by atoms with E-state index in [-0.39, 0.29) is 24.0 Å². The van der Waals surface area contributed by atoms with Crippen molar-refractivity contribution in [1.82, 2.24) is 10.2 Å². The summed E-state index contributed by atoms with van der Waals surface area (Å²) in [6.45, 7) is 1.46. The Kier molecular flexibility index (Phi) is 9.12. The SMILES string of the molecule is CN=C(NCc1cccc(OC)c1)N(C)Cc1ccc(OC)cc1.I.